The number of rotatable bonds is 5. The number of hydrogen-bond donors (Lipinski definition) is 1. The van der Waals surface area contributed by atoms with E-state index in [9.17, 15) is 19.8 Å². The van der Waals surface area contributed by atoms with Crippen molar-refractivity contribution in [1.82, 2.24) is 0 Å². The maximum absolute atomic E-state index is 13.1. The third-order valence-electron chi connectivity index (χ3n) is 9.40. The van der Waals surface area contributed by atoms with Crippen LogP contribution in [0.4, 0.5) is 0 Å². The summed E-state index contributed by atoms with van der Waals surface area (Å²) < 4.78 is 10.4. The first kappa shape index (κ1) is 22.5. The molecule has 3 saturated carbocycles. The first-order valence-electron chi connectivity index (χ1n) is 11.6. The molecular weight excluding hydrogens is 396 g/mol. The molecule has 0 spiro atoms. The van der Waals surface area contributed by atoms with Gasteiger partial charge in [0.15, 0.2) is 5.76 Å². The summed E-state index contributed by atoms with van der Waals surface area (Å²) in [5, 5.41) is 22.6. The van der Waals surface area contributed by atoms with Crippen LogP contribution < -0.4 is 0 Å². The van der Waals surface area contributed by atoms with Crippen molar-refractivity contribution in [1.29, 1.82) is 0 Å². The maximum atomic E-state index is 13.1. The molecule has 6 heteroatoms. The first-order valence-corrected chi connectivity index (χ1v) is 11.6. The number of aliphatic hydroxyl groups is 1. The average molecular weight is 432 g/mol. The zero-order chi connectivity index (χ0) is 22.6. The lowest BCUT2D eigenvalue weighted by molar-refractivity contribution is -0.177. The Balaban J connectivity index is 1.75. The highest BCUT2D eigenvalue weighted by Crippen LogP contribution is 2.70. The molecule has 6 nitrogen and oxygen atoms in total. The number of carbonyl (C=O) groups is 2. The Morgan fingerprint density at radius 2 is 2.03 bits per heavy atom. The summed E-state index contributed by atoms with van der Waals surface area (Å²) in [5.74, 6) is 0.173. The van der Waals surface area contributed by atoms with Crippen molar-refractivity contribution in [3.63, 3.8) is 0 Å². The highest BCUT2D eigenvalue weighted by atomic mass is 16.6. The minimum absolute atomic E-state index is 0.0704. The molecule has 0 aromatic rings. The summed E-state index contributed by atoms with van der Waals surface area (Å²) in [7, 11) is 1.47. The maximum Gasteiger partial charge on any atom is 0.312 e. The van der Waals surface area contributed by atoms with Gasteiger partial charge in [-0.1, -0.05) is 32.8 Å². The second-order valence-electron chi connectivity index (χ2n) is 10.5. The quantitative estimate of drug-likeness (QED) is 0.525. The van der Waals surface area contributed by atoms with Crippen LogP contribution in [0.3, 0.4) is 0 Å². The van der Waals surface area contributed by atoms with E-state index in [2.05, 4.69) is 20.8 Å². The monoisotopic (exact) mass is 431 g/mol. The predicted molar refractivity (Wildman–Crippen MR) is 113 cm³/mol. The van der Waals surface area contributed by atoms with Crippen molar-refractivity contribution in [2.75, 3.05) is 13.9 Å². The summed E-state index contributed by atoms with van der Waals surface area (Å²) >= 11 is 0. The average Bonchev–Trinajstić information content (AvgIpc) is 3.01. The molecule has 7 atom stereocenters. The predicted octanol–water partition coefficient (Wildman–Crippen LogP) is 3.96. The van der Waals surface area contributed by atoms with E-state index in [0.29, 0.717) is 12.3 Å². The van der Waals surface area contributed by atoms with Crippen LogP contribution in [0.25, 0.3) is 0 Å². The van der Waals surface area contributed by atoms with Crippen LogP contribution in [-0.4, -0.2) is 36.9 Å². The third kappa shape index (κ3) is 2.97. The van der Waals surface area contributed by atoms with E-state index >= 15 is 0 Å². The van der Waals surface area contributed by atoms with Gasteiger partial charge in [-0.05, 0) is 67.9 Å². The normalized spacial score (nSPS) is 43.9. The van der Waals surface area contributed by atoms with Crippen molar-refractivity contribution < 1.29 is 29.3 Å². The van der Waals surface area contributed by atoms with Gasteiger partial charge in [-0.3, -0.25) is 9.59 Å². The largest absolute Gasteiger partial charge is 0.469 e. The Kier molecular flexibility index (Phi) is 5.62. The number of ether oxygens (including phenoxy) is 2. The molecule has 1 N–H and O–H groups in total. The van der Waals surface area contributed by atoms with Gasteiger partial charge in [-0.15, -0.1) is 0 Å². The molecule has 1 radical (unpaired) electrons. The summed E-state index contributed by atoms with van der Waals surface area (Å²) in [6.07, 6.45) is 8.42. The molecule has 4 aliphatic carbocycles. The first-order chi connectivity index (χ1) is 14.7. The Bertz CT molecular complexity index is 830. The van der Waals surface area contributed by atoms with Crippen LogP contribution in [-0.2, 0) is 24.2 Å². The van der Waals surface area contributed by atoms with Crippen LogP contribution in [0, 0.1) is 34.0 Å². The number of aliphatic hydroxyl groups excluding tert-OH is 1. The van der Waals surface area contributed by atoms with E-state index in [0.717, 1.165) is 44.1 Å². The number of allylic oxidation sites excluding steroid dienone is 3. The van der Waals surface area contributed by atoms with Gasteiger partial charge in [0.1, 0.15) is 0 Å². The van der Waals surface area contributed by atoms with Crippen molar-refractivity contribution in [2.45, 2.75) is 71.8 Å². The van der Waals surface area contributed by atoms with E-state index in [-0.39, 0.29) is 34.8 Å². The molecule has 4 rings (SSSR count). The van der Waals surface area contributed by atoms with Crippen LogP contribution in [0.15, 0.2) is 23.5 Å². The van der Waals surface area contributed by atoms with Gasteiger partial charge in [0.25, 0.3) is 0 Å². The molecule has 3 fully saturated rings. The lowest BCUT2D eigenvalue weighted by Crippen LogP contribution is -2.59. The Morgan fingerprint density at radius 1 is 1.29 bits per heavy atom. The van der Waals surface area contributed by atoms with Crippen molar-refractivity contribution in [2.24, 2.45) is 34.0 Å². The molecule has 0 saturated heterocycles. The van der Waals surface area contributed by atoms with E-state index in [4.69, 9.17) is 9.47 Å². The zero-order valence-corrected chi connectivity index (χ0v) is 19.1. The molecular formula is C25H35O6. The second-order valence-corrected chi connectivity index (χ2v) is 10.5. The molecule has 0 heterocycles. The summed E-state index contributed by atoms with van der Waals surface area (Å²) in [6.45, 7) is 5.56. The van der Waals surface area contributed by atoms with Gasteiger partial charge in [0, 0.05) is 11.3 Å². The molecule has 171 valence electrons. The fourth-order valence-electron chi connectivity index (χ4n) is 8.16. The van der Waals surface area contributed by atoms with Crippen molar-refractivity contribution >= 4 is 11.8 Å². The van der Waals surface area contributed by atoms with Crippen LogP contribution in [0.5, 0.6) is 0 Å². The van der Waals surface area contributed by atoms with Gasteiger partial charge >= 0.3 is 5.97 Å². The van der Waals surface area contributed by atoms with Gasteiger partial charge < -0.3 is 14.6 Å². The topological polar surface area (TPSA) is 92.7 Å². The van der Waals surface area contributed by atoms with Gasteiger partial charge in [-0.2, -0.15) is 5.11 Å². The fraction of sp³-hybridized carbons (Fsp3) is 0.760. The Morgan fingerprint density at radius 3 is 2.68 bits per heavy atom. The third-order valence-corrected chi connectivity index (χ3v) is 9.40. The minimum atomic E-state index is -0.799. The summed E-state index contributed by atoms with van der Waals surface area (Å²) in [4.78, 5) is 25.5. The van der Waals surface area contributed by atoms with Crippen molar-refractivity contribution in [3.8, 4) is 0 Å². The fourth-order valence-corrected chi connectivity index (χ4v) is 8.16. The number of methoxy groups -OCH3 is 1. The Labute approximate surface area is 184 Å². The van der Waals surface area contributed by atoms with Crippen LogP contribution >= 0.6 is 0 Å². The summed E-state index contributed by atoms with van der Waals surface area (Å²) in [6, 6.07) is 0. The van der Waals surface area contributed by atoms with E-state index < -0.39 is 23.7 Å². The Hall–Kier alpha value is -1.66. The molecule has 31 heavy (non-hydrogen) atoms. The van der Waals surface area contributed by atoms with E-state index in [1.54, 1.807) is 12.2 Å². The van der Waals surface area contributed by atoms with Crippen molar-refractivity contribution in [3.05, 3.63) is 23.5 Å². The van der Waals surface area contributed by atoms with Gasteiger partial charge in [-0.25, -0.2) is 0 Å². The molecule has 4 aliphatic rings. The zero-order valence-electron chi connectivity index (χ0n) is 19.1. The highest BCUT2D eigenvalue weighted by Gasteiger charge is 2.68. The minimum Gasteiger partial charge on any atom is -0.469 e. The molecule has 0 amide bonds. The van der Waals surface area contributed by atoms with Crippen LogP contribution in [0.2, 0.25) is 0 Å². The standard InChI is InChI=1S/C25H35O6/c1-5-9-25(22(29)30-4)10-8-17-16-7-6-15-11-18(27)20(31-14-26)13-23(15,2)21(16)19(28)12-24(17,25)3/h11,13,16-17,19,21,28H,5-10,12,14H2,1-4H3/t16?,17?,19-,21?,23-,24-,25+/m0/s1. The SMILES string of the molecule is CCC[C@]1(C(=O)OC)CCC2C3CCC4=CC(=O)C(OC[O])=C[C@]4(C)C3[C@@H](O)C[C@@]21C. The van der Waals surface area contributed by atoms with Gasteiger partial charge in [0.2, 0.25) is 12.6 Å². The number of fused-ring (bicyclic) bond motifs is 5. The van der Waals surface area contributed by atoms with E-state index in [1.165, 1.54) is 7.11 Å². The second kappa shape index (κ2) is 7.73. The molecule has 0 aromatic carbocycles. The molecule has 0 aromatic heterocycles. The lowest BCUT2D eigenvalue weighted by atomic mass is 9.44. The number of hydrogen-bond acceptors (Lipinski definition) is 5. The molecule has 0 bridgehead atoms. The highest BCUT2D eigenvalue weighted by molar-refractivity contribution is 6.04. The molecule has 3 unspecified atom stereocenters. The number of esters is 1. The number of carbonyl (C=O) groups excluding carboxylic acids is 2. The summed E-state index contributed by atoms with van der Waals surface area (Å²) in [5.41, 5.74) is -0.384. The smallest absolute Gasteiger partial charge is 0.312 e. The van der Waals surface area contributed by atoms with E-state index in [1.807, 2.05) is 0 Å². The number of ketones is 1. The molecule has 0 aliphatic heterocycles. The van der Waals surface area contributed by atoms with Gasteiger partial charge in [0.05, 0.1) is 18.6 Å². The van der Waals surface area contributed by atoms with Crippen LogP contribution in [0.1, 0.15) is 65.7 Å². The lowest BCUT2D eigenvalue weighted by Gasteiger charge is -2.60.